The molecule has 1 aromatic carbocycles. The Labute approximate surface area is 112 Å². The second-order valence-electron chi connectivity index (χ2n) is 4.18. The lowest BCUT2D eigenvalue weighted by Gasteiger charge is -2.14. The molecular weight excluding hydrogens is 248 g/mol. The Morgan fingerprint density at radius 2 is 2.17 bits per heavy atom. The number of hydrogen-bond donors (Lipinski definition) is 1. The Morgan fingerprint density at radius 1 is 1.39 bits per heavy atom. The molecule has 0 aliphatic carbocycles. The normalized spacial score (nSPS) is 10.7. The molecule has 0 unspecified atom stereocenters. The van der Waals surface area contributed by atoms with Gasteiger partial charge in [0.15, 0.2) is 0 Å². The van der Waals surface area contributed by atoms with Crippen LogP contribution in [0.4, 0.5) is 0 Å². The van der Waals surface area contributed by atoms with E-state index < -0.39 is 0 Å². The van der Waals surface area contributed by atoms with Crippen molar-refractivity contribution in [2.75, 3.05) is 13.7 Å². The summed E-state index contributed by atoms with van der Waals surface area (Å²) in [6, 6.07) is 7.95. The maximum atomic E-state index is 6.12. The Bertz CT molecular complexity index is 549. The van der Waals surface area contributed by atoms with Crippen LogP contribution < -0.4 is 10.5 Å². The Balaban J connectivity index is 2.55. The van der Waals surface area contributed by atoms with Gasteiger partial charge in [0.05, 0.1) is 12.8 Å². The largest absolute Gasteiger partial charge is 0.495 e. The molecule has 0 spiro atoms. The van der Waals surface area contributed by atoms with E-state index in [1.807, 2.05) is 31.3 Å². The van der Waals surface area contributed by atoms with Crippen molar-refractivity contribution in [3.8, 4) is 11.4 Å². The summed E-state index contributed by atoms with van der Waals surface area (Å²) in [5.74, 6) is 0.764. The van der Waals surface area contributed by atoms with Crippen molar-refractivity contribution in [2.45, 2.75) is 13.3 Å². The topological polar surface area (TPSA) is 40.2 Å². The highest BCUT2D eigenvalue weighted by atomic mass is 35.5. The minimum absolute atomic E-state index is 0.624. The monoisotopic (exact) mass is 264 g/mol. The second kappa shape index (κ2) is 5.46. The number of hydrogen-bond acceptors (Lipinski definition) is 2. The lowest BCUT2D eigenvalue weighted by molar-refractivity contribution is 0.412. The standard InChI is InChI=1S/C14H17ClN2O/c1-10-8-13(14(18-2)9-12(10)15)17-7-3-4-11(17)5-6-16/h3-4,7-9H,5-6,16H2,1-2H3. The van der Waals surface area contributed by atoms with Gasteiger partial charge in [-0.3, -0.25) is 0 Å². The van der Waals surface area contributed by atoms with Crippen LogP contribution in [0, 0.1) is 6.92 Å². The first-order valence-corrected chi connectivity index (χ1v) is 6.26. The molecule has 2 rings (SSSR count). The molecule has 0 radical (unpaired) electrons. The van der Waals surface area contributed by atoms with Gasteiger partial charge in [-0.15, -0.1) is 0 Å². The first kappa shape index (κ1) is 13.0. The molecule has 1 heterocycles. The zero-order valence-corrected chi connectivity index (χ0v) is 11.4. The highest BCUT2D eigenvalue weighted by Crippen LogP contribution is 2.30. The molecule has 2 N–H and O–H groups in total. The molecule has 0 saturated heterocycles. The molecule has 4 heteroatoms. The molecule has 0 aliphatic rings. The maximum absolute atomic E-state index is 6.12. The zero-order chi connectivity index (χ0) is 13.1. The van der Waals surface area contributed by atoms with E-state index in [0.717, 1.165) is 29.1 Å². The molecule has 3 nitrogen and oxygen atoms in total. The van der Waals surface area contributed by atoms with Gasteiger partial charge in [0.1, 0.15) is 5.75 Å². The van der Waals surface area contributed by atoms with Crippen LogP contribution in [0.15, 0.2) is 30.5 Å². The maximum Gasteiger partial charge on any atom is 0.144 e. The second-order valence-corrected chi connectivity index (χ2v) is 4.59. The van der Waals surface area contributed by atoms with E-state index in [9.17, 15) is 0 Å². The van der Waals surface area contributed by atoms with Gasteiger partial charge in [-0.2, -0.15) is 0 Å². The van der Waals surface area contributed by atoms with Crippen LogP contribution in [-0.4, -0.2) is 18.2 Å². The fourth-order valence-corrected chi connectivity index (χ4v) is 2.16. The van der Waals surface area contributed by atoms with Crippen LogP contribution in [0.2, 0.25) is 5.02 Å². The average molecular weight is 265 g/mol. The minimum Gasteiger partial charge on any atom is -0.495 e. The number of aryl methyl sites for hydroxylation is 1. The number of ether oxygens (including phenoxy) is 1. The van der Waals surface area contributed by atoms with Crippen molar-refractivity contribution in [1.29, 1.82) is 0 Å². The molecule has 0 amide bonds. The van der Waals surface area contributed by atoms with Crippen LogP contribution in [0.1, 0.15) is 11.3 Å². The predicted octanol–water partition coefficient (Wildman–Crippen LogP) is 2.95. The van der Waals surface area contributed by atoms with E-state index in [0.29, 0.717) is 11.6 Å². The summed E-state index contributed by atoms with van der Waals surface area (Å²) in [6.45, 7) is 2.61. The van der Waals surface area contributed by atoms with Gasteiger partial charge in [0, 0.05) is 29.4 Å². The first-order valence-electron chi connectivity index (χ1n) is 5.88. The van der Waals surface area contributed by atoms with Crippen molar-refractivity contribution >= 4 is 11.6 Å². The number of methoxy groups -OCH3 is 1. The molecule has 0 fully saturated rings. The lowest BCUT2D eigenvalue weighted by atomic mass is 10.2. The molecule has 1 aromatic heterocycles. The summed E-state index contributed by atoms with van der Waals surface area (Å²) < 4.78 is 7.49. The fraction of sp³-hybridized carbons (Fsp3) is 0.286. The number of nitrogens with two attached hydrogens (primary N) is 1. The van der Waals surface area contributed by atoms with Gasteiger partial charge in [0.25, 0.3) is 0 Å². The van der Waals surface area contributed by atoms with Crippen molar-refractivity contribution < 1.29 is 4.74 Å². The first-order chi connectivity index (χ1) is 8.67. The Morgan fingerprint density at radius 3 is 2.83 bits per heavy atom. The lowest BCUT2D eigenvalue weighted by Crippen LogP contribution is -2.08. The molecule has 2 aromatic rings. The van der Waals surface area contributed by atoms with Crippen LogP contribution in [0.25, 0.3) is 5.69 Å². The van der Waals surface area contributed by atoms with Crippen molar-refractivity contribution in [3.63, 3.8) is 0 Å². The minimum atomic E-state index is 0.624. The third kappa shape index (κ3) is 2.37. The third-order valence-corrected chi connectivity index (χ3v) is 3.36. The van der Waals surface area contributed by atoms with Gasteiger partial charge in [0.2, 0.25) is 0 Å². The van der Waals surface area contributed by atoms with Crippen LogP contribution in [-0.2, 0) is 6.42 Å². The molecule has 0 atom stereocenters. The summed E-state index contributed by atoms with van der Waals surface area (Å²) in [5.41, 5.74) is 8.81. The van der Waals surface area contributed by atoms with E-state index in [1.165, 1.54) is 0 Å². The SMILES string of the molecule is COc1cc(Cl)c(C)cc1-n1cccc1CCN. The summed E-state index contributed by atoms with van der Waals surface area (Å²) in [4.78, 5) is 0. The zero-order valence-electron chi connectivity index (χ0n) is 10.6. The van der Waals surface area contributed by atoms with E-state index in [-0.39, 0.29) is 0 Å². The van der Waals surface area contributed by atoms with Gasteiger partial charge in [-0.1, -0.05) is 11.6 Å². The van der Waals surface area contributed by atoms with Gasteiger partial charge < -0.3 is 15.0 Å². The Hall–Kier alpha value is -1.45. The highest BCUT2D eigenvalue weighted by Gasteiger charge is 2.11. The number of benzene rings is 1. The smallest absolute Gasteiger partial charge is 0.144 e. The summed E-state index contributed by atoms with van der Waals surface area (Å²) in [7, 11) is 1.65. The van der Waals surface area contributed by atoms with Gasteiger partial charge >= 0.3 is 0 Å². The highest BCUT2D eigenvalue weighted by molar-refractivity contribution is 6.31. The number of aromatic nitrogens is 1. The van der Waals surface area contributed by atoms with Gasteiger partial charge in [-0.05, 0) is 37.2 Å². The predicted molar refractivity (Wildman–Crippen MR) is 74.8 cm³/mol. The van der Waals surface area contributed by atoms with Crippen molar-refractivity contribution in [2.24, 2.45) is 5.73 Å². The number of nitrogens with zero attached hydrogens (tertiary/aromatic N) is 1. The van der Waals surface area contributed by atoms with Crippen molar-refractivity contribution in [3.05, 3.63) is 46.7 Å². The average Bonchev–Trinajstić information content (AvgIpc) is 2.80. The number of rotatable bonds is 4. The molecule has 18 heavy (non-hydrogen) atoms. The number of halogens is 1. The van der Waals surface area contributed by atoms with E-state index in [4.69, 9.17) is 22.1 Å². The molecule has 0 saturated carbocycles. The Kier molecular flexibility index (Phi) is 3.94. The quantitative estimate of drug-likeness (QED) is 0.922. The van der Waals surface area contributed by atoms with Gasteiger partial charge in [-0.25, -0.2) is 0 Å². The molecular formula is C14H17ClN2O. The van der Waals surface area contributed by atoms with Crippen molar-refractivity contribution in [1.82, 2.24) is 4.57 Å². The summed E-state index contributed by atoms with van der Waals surface area (Å²) >= 11 is 6.12. The molecule has 0 bridgehead atoms. The fourth-order valence-electron chi connectivity index (χ4n) is 2.00. The van der Waals surface area contributed by atoms with E-state index in [1.54, 1.807) is 7.11 Å². The van der Waals surface area contributed by atoms with E-state index >= 15 is 0 Å². The van der Waals surface area contributed by atoms with Crippen LogP contribution in [0.5, 0.6) is 5.75 Å². The third-order valence-electron chi connectivity index (χ3n) is 2.95. The summed E-state index contributed by atoms with van der Waals surface area (Å²) in [5, 5.41) is 0.711. The molecule has 0 aliphatic heterocycles. The van der Waals surface area contributed by atoms with E-state index in [2.05, 4.69) is 10.6 Å². The summed E-state index contributed by atoms with van der Waals surface area (Å²) in [6.07, 6.45) is 2.84. The van der Waals surface area contributed by atoms with Crippen LogP contribution >= 0.6 is 11.6 Å². The van der Waals surface area contributed by atoms with Crippen LogP contribution in [0.3, 0.4) is 0 Å². The molecule has 96 valence electrons.